The fourth-order valence-electron chi connectivity index (χ4n) is 2.08. The Morgan fingerprint density at radius 2 is 1.78 bits per heavy atom. The van der Waals surface area contributed by atoms with Crippen LogP contribution in [0, 0.1) is 0 Å². The predicted octanol–water partition coefficient (Wildman–Crippen LogP) is 5.36. The molecule has 0 radical (unpaired) electrons. The molecule has 94 valence electrons. The highest BCUT2D eigenvalue weighted by molar-refractivity contribution is 7.10. The van der Waals surface area contributed by atoms with Crippen LogP contribution in [0.5, 0.6) is 0 Å². The highest BCUT2D eigenvalue weighted by Gasteiger charge is 2.15. The van der Waals surface area contributed by atoms with E-state index in [9.17, 15) is 0 Å². The first-order valence-electron chi connectivity index (χ1n) is 6.29. The fourth-order valence-corrected chi connectivity index (χ4v) is 2.93. The lowest BCUT2D eigenvalue weighted by Gasteiger charge is -2.20. The molecule has 18 heavy (non-hydrogen) atoms. The molecule has 0 saturated heterocycles. The first-order valence-corrected chi connectivity index (χ1v) is 7.17. The number of thiophene rings is 1. The number of benzene rings is 1. The minimum atomic E-state index is 0.213. The van der Waals surface area contributed by atoms with Crippen molar-refractivity contribution in [3.63, 3.8) is 0 Å². The van der Waals surface area contributed by atoms with Crippen LogP contribution >= 0.6 is 11.3 Å². The lowest BCUT2D eigenvalue weighted by atomic mass is 9.85. The van der Waals surface area contributed by atoms with Crippen molar-refractivity contribution in [1.29, 1.82) is 0 Å². The van der Waals surface area contributed by atoms with Crippen molar-refractivity contribution in [2.75, 3.05) is 0 Å². The van der Waals surface area contributed by atoms with Gasteiger partial charge in [-0.15, -0.1) is 17.9 Å². The third kappa shape index (κ3) is 2.73. The largest absolute Gasteiger partial charge is 0.148 e. The van der Waals surface area contributed by atoms with Crippen LogP contribution in [0.3, 0.4) is 0 Å². The van der Waals surface area contributed by atoms with E-state index >= 15 is 0 Å². The number of rotatable bonds is 3. The summed E-state index contributed by atoms with van der Waals surface area (Å²) in [5.41, 5.74) is 2.91. The van der Waals surface area contributed by atoms with E-state index in [1.165, 1.54) is 16.0 Å². The molecule has 0 fully saturated rings. The Morgan fingerprint density at radius 1 is 1.11 bits per heavy atom. The summed E-state index contributed by atoms with van der Waals surface area (Å²) >= 11 is 1.79. The minimum absolute atomic E-state index is 0.213. The average molecular weight is 256 g/mol. The molecule has 1 aromatic carbocycles. The Hall–Kier alpha value is -1.34. The molecule has 0 aliphatic heterocycles. The second-order valence-corrected chi connectivity index (χ2v) is 6.58. The average Bonchev–Trinajstić information content (AvgIpc) is 2.83. The van der Waals surface area contributed by atoms with Crippen LogP contribution in [-0.4, -0.2) is 0 Å². The van der Waals surface area contributed by atoms with Gasteiger partial charge in [0, 0.05) is 10.8 Å². The minimum Gasteiger partial charge on any atom is -0.148 e. The van der Waals surface area contributed by atoms with Gasteiger partial charge in [-0.25, -0.2) is 0 Å². The maximum atomic E-state index is 3.97. The van der Waals surface area contributed by atoms with Gasteiger partial charge in [0.15, 0.2) is 0 Å². The lowest BCUT2D eigenvalue weighted by molar-refractivity contribution is 0.590. The molecule has 0 aliphatic rings. The van der Waals surface area contributed by atoms with Crippen molar-refractivity contribution in [2.45, 2.75) is 32.1 Å². The van der Waals surface area contributed by atoms with Crippen LogP contribution < -0.4 is 0 Å². The van der Waals surface area contributed by atoms with E-state index in [1.54, 1.807) is 11.3 Å². The van der Waals surface area contributed by atoms with Gasteiger partial charge >= 0.3 is 0 Å². The van der Waals surface area contributed by atoms with E-state index in [4.69, 9.17) is 0 Å². The Labute approximate surface area is 114 Å². The van der Waals surface area contributed by atoms with Crippen molar-refractivity contribution in [3.05, 3.63) is 70.4 Å². The zero-order valence-electron chi connectivity index (χ0n) is 11.3. The van der Waals surface area contributed by atoms with Crippen molar-refractivity contribution in [1.82, 2.24) is 0 Å². The molecular formula is C17H20S. The summed E-state index contributed by atoms with van der Waals surface area (Å²) in [6.07, 6.45) is 2.03. The van der Waals surface area contributed by atoms with Crippen LogP contribution in [0.4, 0.5) is 0 Å². The number of hydrogen-bond acceptors (Lipinski definition) is 1. The maximum absolute atomic E-state index is 3.97. The van der Waals surface area contributed by atoms with Gasteiger partial charge in [-0.2, -0.15) is 0 Å². The van der Waals surface area contributed by atoms with Crippen molar-refractivity contribution in [3.8, 4) is 0 Å². The van der Waals surface area contributed by atoms with E-state index in [0.29, 0.717) is 5.92 Å². The molecule has 2 rings (SSSR count). The maximum Gasteiger partial charge on any atom is 0.0361 e. The van der Waals surface area contributed by atoms with Crippen LogP contribution in [-0.2, 0) is 5.41 Å². The monoisotopic (exact) mass is 256 g/mol. The second kappa shape index (κ2) is 5.11. The quantitative estimate of drug-likeness (QED) is 0.648. The highest BCUT2D eigenvalue weighted by atomic mass is 32.1. The van der Waals surface area contributed by atoms with Gasteiger partial charge in [0.2, 0.25) is 0 Å². The molecule has 1 aromatic heterocycles. The Morgan fingerprint density at radius 3 is 2.22 bits per heavy atom. The molecule has 1 unspecified atom stereocenters. The lowest BCUT2D eigenvalue weighted by Crippen LogP contribution is -2.10. The van der Waals surface area contributed by atoms with Crippen LogP contribution in [0.1, 0.15) is 42.7 Å². The first kappa shape index (κ1) is 13.1. The smallest absolute Gasteiger partial charge is 0.0361 e. The van der Waals surface area contributed by atoms with Crippen LogP contribution in [0.2, 0.25) is 0 Å². The van der Waals surface area contributed by atoms with Crippen molar-refractivity contribution >= 4 is 11.3 Å². The van der Waals surface area contributed by atoms with Gasteiger partial charge in [-0.3, -0.25) is 0 Å². The molecule has 0 bridgehead atoms. The highest BCUT2D eigenvalue weighted by Crippen LogP contribution is 2.31. The SMILES string of the molecule is C=CC(c1ccc(C(C)(C)C)cc1)c1cccs1. The third-order valence-corrected chi connectivity index (χ3v) is 4.18. The van der Waals surface area contributed by atoms with E-state index in [-0.39, 0.29) is 5.41 Å². The first-order chi connectivity index (χ1) is 8.52. The second-order valence-electron chi connectivity index (χ2n) is 5.60. The van der Waals surface area contributed by atoms with Crippen LogP contribution in [0.25, 0.3) is 0 Å². The molecule has 1 heterocycles. The molecule has 0 aliphatic carbocycles. The van der Waals surface area contributed by atoms with Gasteiger partial charge in [-0.05, 0) is 28.0 Å². The molecule has 0 amide bonds. The zero-order chi connectivity index (χ0) is 13.2. The van der Waals surface area contributed by atoms with Gasteiger partial charge < -0.3 is 0 Å². The van der Waals surface area contributed by atoms with Crippen molar-refractivity contribution in [2.24, 2.45) is 0 Å². The summed E-state index contributed by atoms with van der Waals surface area (Å²) < 4.78 is 0. The molecule has 0 spiro atoms. The molecule has 0 nitrogen and oxygen atoms in total. The number of hydrogen-bond donors (Lipinski definition) is 0. The molecule has 1 heteroatoms. The fraction of sp³-hybridized carbons (Fsp3) is 0.294. The van der Waals surface area contributed by atoms with Crippen LogP contribution in [0.15, 0.2) is 54.4 Å². The van der Waals surface area contributed by atoms with Gasteiger partial charge in [-0.1, -0.05) is 57.2 Å². The van der Waals surface area contributed by atoms with E-state index in [1.807, 2.05) is 6.08 Å². The van der Waals surface area contributed by atoms with E-state index < -0.39 is 0 Å². The Balaban J connectivity index is 2.31. The van der Waals surface area contributed by atoms with E-state index in [0.717, 1.165) is 0 Å². The normalized spacial score (nSPS) is 13.3. The van der Waals surface area contributed by atoms with Gasteiger partial charge in [0.1, 0.15) is 0 Å². The standard InChI is InChI=1S/C17H20S/c1-5-15(16-7-6-12-18-16)13-8-10-14(11-9-13)17(2,3)4/h5-12,15H,1H2,2-4H3. The summed E-state index contributed by atoms with van der Waals surface area (Å²) in [4.78, 5) is 1.36. The molecule has 2 aromatic rings. The third-order valence-electron chi connectivity index (χ3n) is 3.22. The van der Waals surface area contributed by atoms with Crippen molar-refractivity contribution < 1.29 is 0 Å². The molecule has 0 N–H and O–H groups in total. The Bertz CT molecular complexity index is 498. The summed E-state index contributed by atoms with van der Waals surface area (Å²) in [5, 5.41) is 2.12. The summed E-state index contributed by atoms with van der Waals surface area (Å²) in [6.45, 7) is 10.7. The molecule has 0 saturated carbocycles. The predicted molar refractivity (Wildman–Crippen MR) is 81.5 cm³/mol. The van der Waals surface area contributed by atoms with Gasteiger partial charge in [0.25, 0.3) is 0 Å². The zero-order valence-corrected chi connectivity index (χ0v) is 12.1. The molecular weight excluding hydrogens is 236 g/mol. The summed E-state index contributed by atoms with van der Waals surface area (Å²) in [5.74, 6) is 0.319. The van der Waals surface area contributed by atoms with E-state index in [2.05, 4.69) is 69.1 Å². The number of allylic oxidation sites excluding steroid dienone is 1. The Kier molecular flexibility index (Phi) is 3.72. The topological polar surface area (TPSA) is 0 Å². The molecule has 1 atom stereocenters. The summed E-state index contributed by atoms with van der Waals surface area (Å²) in [7, 11) is 0. The summed E-state index contributed by atoms with van der Waals surface area (Å²) in [6, 6.07) is 13.2. The van der Waals surface area contributed by atoms with Gasteiger partial charge in [0.05, 0.1) is 0 Å².